The van der Waals surface area contributed by atoms with Crippen LogP contribution in [0.5, 0.6) is 0 Å². The number of esters is 1. The topological polar surface area (TPSA) is 26.3 Å². The number of rotatable bonds is 12. The number of hydrogen-bond acceptors (Lipinski definition) is 2. The first-order valence-electron chi connectivity index (χ1n) is 8.50. The highest BCUT2D eigenvalue weighted by molar-refractivity contribution is 5.69. The van der Waals surface area contributed by atoms with Crippen molar-refractivity contribution in [1.82, 2.24) is 0 Å². The number of carbonyl (C=O) groups is 1. The van der Waals surface area contributed by atoms with Gasteiger partial charge in [-0.1, -0.05) is 56.3 Å². The first kappa shape index (κ1) is 19.9. The molecule has 0 unspecified atom stereocenters. The van der Waals surface area contributed by atoms with Gasteiger partial charge in [-0.2, -0.15) is 0 Å². The summed E-state index contributed by atoms with van der Waals surface area (Å²) >= 11 is 0. The SMILES string of the molecule is CCCCCCCCC(=O)OC/C=C(/C)CCC=C(C)C. The van der Waals surface area contributed by atoms with Crippen LogP contribution in [-0.4, -0.2) is 12.6 Å². The zero-order chi connectivity index (χ0) is 15.9. The van der Waals surface area contributed by atoms with Gasteiger partial charge in [-0.25, -0.2) is 0 Å². The Morgan fingerprint density at radius 3 is 2.24 bits per heavy atom. The smallest absolute Gasteiger partial charge is 0.306 e. The Bertz CT molecular complexity index is 322. The minimum atomic E-state index is -0.0566. The molecule has 0 aromatic heterocycles. The fourth-order valence-corrected chi connectivity index (χ4v) is 2.09. The first-order chi connectivity index (χ1) is 10.1. The van der Waals surface area contributed by atoms with Crippen molar-refractivity contribution in [3.8, 4) is 0 Å². The van der Waals surface area contributed by atoms with Gasteiger partial charge in [-0.05, 0) is 46.1 Å². The van der Waals surface area contributed by atoms with E-state index in [0.717, 1.165) is 25.7 Å². The highest BCUT2D eigenvalue weighted by Gasteiger charge is 2.01. The van der Waals surface area contributed by atoms with Crippen molar-refractivity contribution in [2.45, 2.75) is 85.5 Å². The molecule has 0 aliphatic rings. The van der Waals surface area contributed by atoms with E-state index in [1.165, 1.54) is 36.8 Å². The van der Waals surface area contributed by atoms with Gasteiger partial charge in [0.15, 0.2) is 0 Å². The van der Waals surface area contributed by atoms with E-state index >= 15 is 0 Å². The Labute approximate surface area is 131 Å². The van der Waals surface area contributed by atoms with E-state index in [-0.39, 0.29) is 5.97 Å². The lowest BCUT2D eigenvalue weighted by Crippen LogP contribution is -2.04. The molecule has 0 aliphatic carbocycles. The van der Waals surface area contributed by atoms with Crippen LogP contribution in [0.15, 0.2) is 23.3 Å². The van der Waals surface area contributed by atoms with E-state index in [4.69, 9.17) is 4.74 Å². The largest absolute Gasteiger partial charge is 0.461 e. The molecule has 0 saturated heterocycles. The van der Waals surface area contributed by atoms with Crippen molar-refractivity contribution in [2.75, 3.05) is 6.61 Å². The zero-order valence-electron chi connectivity index (χ0n) is 14.5. The molecule has 0 amide bonds. The molecule has 2 heteroatoms. The molecule has 2 nitrogen and oxygen atoms in total. The minimum absolute atomic E-state index is 0.0566. The molecular formula is C19H34O2. The predicted molar refractivity (Wildman–Crippen MR) is 91.4 cm³/mol. The van der Waals surface area contributed by atoms with Crippen LogP contribution in [0, 0.1) is 0 Å². The van der Waals surface area contributed by atoms with Crippen molar-refractivity contribution in [1.29, 1.82) is 0 Å². The van der Waals surface area contributed by atoms with Crippen LogP contribution in [0.2, 0.25) is 0 Å². The Morgan fingerprint density at radius 1 is 0.905 bits per heavy atom. The summed E-state index contributed by atoms with van der Waals surface area (Å²) < 4.78 is 5.24. The Balaban J connectivity index is 3.57. The van der Waals surface area contributed by atoms with Gasteiger partial charge in [0.1, 0.15) is 6.61 Å². The van der Waals surface area contributed by atoms with Crippen LogP contribution in [-0.2, 0) is 9.53 Å². The minimum Gasteiger partial charge on any atom is -0.461 e. The zero-order valence-corrected chi connectivity index (χ0v) is 14.5. The summed E-state index contributed by atoms with van der Waals surface area (Å²) in [6.45, 7) is 8.97. The van der Waals surface area contributed by atoms with Gasteiger partial charge < -0.3 is 4.74 Å². The van der Waals surface area contributed by atoms with Crippen LogP contribution in [0.25, 0.3) is 0 Å². The summed E-state index contributed by atoms with van der Waals surface area (Å²) in [5, 5.41) is 0. The molecule has 0 radical (unpaired) electrons. The van der Waals surface area contributed by atoms with Gasteiger partial charge in [-0.3, -0.25) is 4.79 Å². The molecule has 0 heterocycles. The number of unbranched alkanes of at least 4 members (excludes halogenated alkanes) is 5. The number of allylic oxidation sites excluding steroid dienone is 3. The van der Waals surface area contributed by atoms with Crippen molar-refractivity contribution in [3.05, 3.63) is 23.3 Å². The average molecular weight is 294 g/mol. The summed E-state index contributed by atoms with van der Waals surface area (Å²) in [6.07, 6.45) is 14.2. The Hall–Kier alpha value is -1.05. The third-order valence-corrected chi connectivity index (χ3v) is 3.50. The number of carbonyl (C=O) groups excluding carboxylic acids is 1. The highest BCUT2D eigenvalue weighted by Crippen LogP contribution is 2.08. The standard InChI is InChI=1S/C19H34O2/c1-5-6-7-8-9-10-14-19(20)21-16-15-18(4)13-11-12-17(2)3/h12,15H,5-11,13-14,16H2,1-4H3/b18-15-. The first-order valence-corrected chi connectivity index (χ1v) is 8.50. The van der Waals surface area contributed by atoms with Crippen molar-refractivity contribution in [2.24, 2.45) is 0 Å². The summed E-state index contributed by atoms with van der Waals surface area (Å²) in [5.74, 6) is -0.0566. The lowest BCUT2D eigenvalue weighted by molar-refractivity contribution is -0.142. The lowest BCUT2D eigenvalue weighted by atomic mass is 10.1. The maximum absolute atomic E-state index is 11.6. The van der Waals surface area contributed by atoms with Crippen LogP contribution in [0.3, 0.4) is 0 Å². The van der Waals surface area contributed by atoms with E-state index in [1.807, 2.05) is 6.08 Å². The van der Waals surface area contributed by atoms with E-state index in [9.17, 15) is 4.79 Å². The van der Waals surface area contributed by atoms with Crippen molar-refractivity contribution in [3.63, 3.8) is 0 Å². The summed E-state index contributed by atoms with van der Waals surface area (Å²) in [6, 6.07) is 0. The van der Waals surface area contributed by atoms with Gasteiger partial charge in [0.25, 0.3) is 0 Å². The van der Waals surface area contributed by atoms with Gasteiger partial charge in [-0.15, -0.1) is 0 Å². The van der Waals surface area contributed by atoms with Crippen LogP contribution in [0.1, 0.15) is 85.5 Å². The fourth-order valence-electron chi connectivity index (χ4n) is 2.09. The molecule has 21 heavy (non-hydrogen) atoms. The van der Waals surface area contributed by atoms with Gasteiger partial charge >= 0.3 is 5.97 Å². The molecule has 122 valence electrons. The summed E-state index contributed by atoms with van der Waals surface area (Å²) in [7, 11) is 0. The average Bonchev–Trinajstić information content (AvgIpc) is 2.42. The van der Waals surface area contributed by atoms with Gasteiger partial charge in [0, 0.05) is 6.42 Å². The van der Waals surface area contributed by atoms with E-state index < -0.39 is 0 Å². The second-order valence-corrected chi connectivity index (χ2v) is 6.07. The monoisotopic (exact) mass is 294 g/mol. The van der Waals surface area contributed by atoms with Gasteiger partial charge in [0.05, 0.1) is 0 Å². The molecule has 0 aromatic carbocycles. The second-order valence-electron chi connectivity index (χ2n) is 6.07. The molecule has 0 fully saturated rings. The van der Waals surface area contributed by atoms with Gasteiger partial charge in [0.2, 0.25) is 0 Å². The van der Waals surface area contributed by atoms with E-state index in [2.05, 4.69) is 33.8 Å². The summed E-state index contributed by atoms with van der Waals surface area (Å²) in [5.41, 5.74) is 2.65. The Morgan fingerprint density at radius 2 is 1.57 bits per heavy atom. The molecule has 0 atom stereocenters. The molecule has 0 N–H and O–H groups in total. The third-order valence-electron chi connectivity index (χ3n) is 3.50. The van der Waals surface area contributed by atoms with Crippen LogP contribution >= 0.6 is 0 Å². The molecule has 0 rings (SSSR count). The van der Waals surface area contributed by atoms with E-state index in [1.54, 1.807) is 0 Å². The third kappa shape index (κ3) is 15.2. The summed E-state index contributed by atoms with van der Waals surface area (Å²) in [4.78, 5) is 11.6. The highest BCUT2D eigenvalue weighted by atomic mass is 16.5. The number of ether oxygens (including phenoxy) is 1. The predicted octanol–water partition coefficient (Wildman–Crippen LogP) is 5.97. The lowest BCUT2D eigenvalue weighted by Gasteiger charge is -2.04. The molecule has 0 spiro atoms. The fraction of sp³-hybridized carbons (Fsp3) is 0.737. The van der Waals surface area contributed by atoms with E-state index in [0.29, 0.717) is 13.0 Å². The van der Waals surface area contributed by atoms with Crippen molar-refractivity contribution < 1.29 is 9.53 Å². The molecule has 0 saturated carbocycles. The normalized spacial score (nSPS) is 11.3. The van der Waals surface area contributed by atoms with Crippen LogP contribution < -0.4 is 0 Å². The molecule has 0 aromatic rings. The molecular weight excluding hydrogens is 260 g/mol. The van der Waals surface area contributed by atoms with Crippen LogP contribution in [0.4, 0.5) is 0 Å². The Kier molecular flexibility index (Phi) is 13.2. The molecule has 0 bridgehead atoms. The van der Waals surface area contributed by atoms with Crippen molar-refractivity contribution >= 4 is 5.97 Å². The second kappa shape index (κ2) is 13.9. The molecule has 0 aliphatic heterocycles. The maximum atomic E-state index is 11.6. The number of hydrogen-bond donors (Lipinski definition) is 0. The maximum Gasteiger partial charge on any atom is 0.306 e. The quantitative estimate of drug-likeness (QED) is 0.252.